The number of methoxy groups -OCH3 is 1. The monoisotopic (exact) mass is 287 g/mol. The molecule has 0 spiro atoms. The highest BCUT2D eigenvalue weighted by Gasteiger charge is 2.23. The van der Waals surface area contributed by atoms with E-state index in [9.17, 15) is 13.2 Å². The molecule has 0 amide bonds. The van der Waals surface area contributed by atoms with Crippen LogP contribution in [0.1, 0.15) is 16.5 Å². The van der Waals surface area contributed by atoms with Gasteiger partial charge in [0.2, 0.25) is 0 Å². The SMILES string of the molecule is CNC(c1cc(F)c(F)cc1F)c1sccc1OC. The lowest BCUT2D eigenvalue weighted by molar-refractivity contribution is 0.407. The molecule has 2 aromatic rings. The van der Waals surface area contributed by atoms with Gasteiger partial charge >= 0.3 is 0 Å². The van der Waals surface area contributed by atoms with Crippen LogP contribution in [0, 0.1) is 17.5 Å². The summed E-state index contributed by atoms with van der Waals surface area (Å²) in [6, 6.07) is 2.56. The molecule has 0 radical (unpaired) electrons. The molecule has 1 atom stereocenters. The largest absolute Gasteiger partial charge is 0.496 e. The Balaban J connectivity index is 2.51. The molecule has 2 nitrogen and oxygen atoms in total. The van der Waals surface area contributed by atoms with Crippen molar-refractivity contribution in [2.45, 2.75) is 6.04 Å². The average molecular weight is 287 g/mol. The Morgan fingerprint density at radius 3 is 2.47 bits per heavy atom. The third kappa shape index (κ3) is 2.59. The zero-order chi connectivity index (χ0) is 14.0. The molecule has 0 saturated heterocycles. The van der Waals surface area contributed by atoms with Crippen LogP contribution in [-0.4, -0.2) is 14.2 Å². The van der Waals surface area contributed by atoms with Gasteiger partial charge in [-0.2, -0.15) is 0 Å². The van der Waals surface area contributed by atoms with Crippen LogP contribution in [0.5, 0.6) is 5.75 Å². The summed E-state index contributed by atoms with van der Waals surface area (Å²) in [6.45, 7) is 0. The molecule has 0 fully saturated rings. The third-order valence-electron chi connectivity index (χ3n) is 2.78. The van der Waals surface area contributed by atoms with Crippen molar-refractivity contribution in [2.75, 3.05) is 14.2 Å². The van der Waals surface area contributed by atoms with E-state index in [1.807, 2.05) is 0 Å². The first-order valence-electron chi connectivity index (χ1n) is 5.51. The van der Waals surface area contributed by atoms with Gasteiger partial charge in [0.15, 0.2) is 11.6 Å². The van der Waals surface area contributed by atoms with E-state index >= 15 is 0 Å². The summed E-state index contributed by atoms with van der Waals surface area (Å²) in [6.07, 6.45) is 0. The summed E-state index contributed by atoms with van der Waals surface area (Å²) < 4.78 is 45.2. The van der Waals surface area contributed by atoms with Gasteiger partial charge < -0.3 is 10.1 Å². The quantitative estimate of drug-likeness (QED) is 0.869. The first-order chi connectivity index (χ1) is 9.08. The van der Waals surface area contributed by atoms with E-state index in [0.29, 0.717) is 16.7 Å². The molecule has 0 saturated carbocycles. The zero-order valence-electron chi connectivity index (χ0n) is 10.3. The predicted molar refractivity (Wildman–Crippen MR) is 68.1 cm³/mol. The molecular formula is C13H12F3NOS. The average Bonchev–Trinajstić information content (AvgIpc) is 2.84. The van der Waals surface area contributed by atoms with Crippen LogP contribution in [0.2, 0.25) is 0 Å². The van der Waals surface area contributed by atoms with E-state index in [0.717, 1.165) is 6.07 Å². The second-order valence-corrected chi connectivity index (χ2v) is 4.81. The van der Waals surface area contributed by atoms with E-state index in [1.54, 1.807) is 18.5 Å². The summed E-state index contributed by atoms with van der Waals surface area (Å²) >= 11 is 1.35. The Hall–Kier alpha value is -1.53. The number of halogens is 3. The van der Waals surface area contributed by atoms with Crippen molar-refractivity contribution in [2.24, 2.45) is 0 Å². The molecule has 1 aromatic carbocycles. The minimum absolute atomic E-state index is 0.0437. The van der Waals surface area contributed by atoms with Gasteiger partial charge in [-0.15, -0.1) is 11.3 Å². The Morgan fingerprint density at radius 1 is 1.16 bits per heavy atom. The lowest BCUT2D eigenvalue weighted by Gasteiger charge is -2.17. The van der Waals surface area contributed by atoms with E-state index in [1.165, 1.54) is 18.4 Å². The van der Waals surface area contributed by atoms with Crippen LogP contribution in [0.15, 0.2) is 23.6 Å². The minimum Gasteiger partial charge on any atom is -0.496 e. The molecule has 0 aliphatic carbocycles. The lowest BCUT2D eigenvalue weighted by Crippen LogP contribution is -2.19. The van der Waals surface area contributed by atoms with Crippen LogP contribution in [0.3, 0.4) is 0 Å². The minimum atomic E-state index is -1.20. The van der Waals surface area contributed by atoms with Gasteiger partial charge in [0.25, 0.3) is 0 Å². The highest BCUT2D eigenvalue weighted by atomic mass is 32.1. The van der Waals surface area contributed by atoms with Crippen molar-refractivity contribution in [1.82, 2.24) is 5.32 Å². The van der Waals surface area contributed by atoms with Gasteiger partial charge in [0, 0.05) is 11.6 Å². The van der Waals surface area contributed by atoms with Crippen LogP contribution in [0.4, 0.5) is 13.2 Å². The topological polar surface area (TPSA) is 21.3 Å². The van der Waals surface area contributed by atoms with Gasteiger partial charge in [-0.05, 0) is 24.6 Å². The summed E-state index contributed by atoms with van der Waals surface area (Å²) in [5, 5.41) is 4.67. The van der Waals surface area contributed by atoms with E-state index in [2.05, 4.69) is 5.32 Å². The van der Waals surface area contributed by atoms with Crippen molar-refractivity contribution >= 4 is 11.3 Å². The fourth-order valence-corrected chi connectivity index (χ4v) is 2.86. The first-order valence-corrected chi connectivity index (χ1v) is 6.39. The zero-order valence-corrected chi connectivity index (χ0v) is 11.2. The first kappa shape index (κ1) is 13.9. The number of hydrogen-bond acceptors (Lipinski definition) is 3. The normalized spacial score (nSPS) is 12.5. The number of benzene rings is 1. The summed E-state index contributed by atoms with van der Waals surface area (Å²) in [5.41, 5.74) is 0.0437. The van der Waals surface area contributed by atoms with E-state index < -0.39 is 23.5 Å². The van der Waals surface area contributed by atoms with E-state index in [-0.39, 0.29) is 5.56 Å². The van der Waals surface area contributed by atoms with Gasteiger partial charge in [-0.1, -0.05) is 0 Å². The Bertz CT molecular complexity index is 585. The lowest BCUT2D eigenvalue weighted by atomic mass is 10.0. The van der Waals surface area contributed by atoms with Crippen molar-refractivity contribution < 1.29 is 17.9 Å². The Morgan fingerprint density at radius 2 is 1.84 bits per heavy atom. The molecular weight excluding hydrogens is 275 g/mol. The van der Waals surface area contributed by atoms with Crippen LogP contribution >= 0.6 is 11.3 Å². The van der Waals surface area contributed by atoms with Crippen molar-refractivity contribution in [3.63, 3.8) is 0 Å². The second-order valence-electron chi connectivity index (χ2n) is 3.86. The number of thiophene rings is 1. The molecule has 0 aliphatic rings. The smallest absolute Gasteiger partial charge is 0.161 e. The fourth-order valence-electron chi connectivity index (χ4n) is 1.88. The van der Waals surface area contributed by atoms with Crippen LogP contribution in [-0.2, 0) is 0 Å². The van der Waals surface area contributed by atoms with Gasteiger partial charge in [0.05, 0.1) is 18.0 Å². The number of hydrogen-bond donors (Lipinski definition) is 1. The molecule has 0 aliphatic heterocycles. The summed E-state index contributed by atoms with van der Waals surface area (Å²) in [7, 11) is 3.12. The number of rotatable bonds is 4. The summed E-state index contributed by atoms with van der Waals surface area (Å²) in [4.78, 5) is 0.704. The molecule has 2 rings (SSSR count). The molecule has 1 heterocycles. The molecule has 19 heavy (non-hydrogen) atoms. The Labute approximate surface area is 112 Å². The van der Waals surface area contributed by atoms with Gasteiger partial charge in [-0.25, -0.2) is 13.2 Å². The van der Waals surface area contributed by atoms with Crippen LogP contribution < -0.4 is 10.1 Å². The molecule has 1 aromatic heterocycles. The maximum atomic E-state index is 13.8. The third-order valence-corrected chi connectivity index (χ3v) is 3.74. The van der Waals surface area contributed by atoms with Crippen molar-refractivity contribution in [1.29, 1.82) is 0 Å². The van der Waals surface area contributed by atoms with Crippen molar-refractivity contribution in [3.8, 4) is 5.75 Å². The highest BCUT2D eigenvalue weighted by Crippen LogP contribution is 2.35. The number of nitrogens with one attached hydrogen (secondary N) is 1. The van der Waals surface area contributed by atoms with Crippen LogP contribution in [0.25, 0.3) is 0 Å². The maximum absolute atomic E-state index is 13.8. The molecule has 6 heteroatoms. The van der Waals surface area contributed by atoms with Gasteiger partial charge in [-0.3, -0.25) is 0 Å². The maximum Gasteiger partial charge on any atom is 0.161 e. The second kappa shape index (κ2) is 5.63. The Kier molecular flexibility index (Phi) is 4.11. The predicted octanol–water partition coefficient (Wildman–Crippen LogP) is 3.48. The van der Waals surface area contributed by atoms with Crippen molar-refractivity contribution in [3.05, 3.63) is 51.5 Å². The van der Waals surface area contributed by atoms with Gasteiger partial charge in [0.1, 0.15) is 11.6 Å². The highest BCUT2D eigenvalue weighted by molar-refractivity contribution is 7.10. The molecule has 1 N–H and O–H groups in total. The molecule has 1 unspecified atom stereocenters. The standard InChI is InChI=1S/C13H12F3NOS/c1-17-12(13-11(18-2)3-4-19-13)7-5-9(15)10(16)6-8(7)14/h3-6,12,17H,1-2H3. The summed E-state index contributed by atoms with van der Waals surface area (Å²) in [5.74, 6) is -2.50. The van der Waals surface area contributed by atoms with E-state index in [4.69, 9.17) is 4.74 Å². The number of ether oxygens (including phenoxy) is 1. The fraction of sp³-hybridized carbons (Fsp3) is 0.231. The molecule has 0 bridgehead atoms. The molecule has 102 valence electrons.